The van der Waals surface area contributed by atoms with E-state index in [9.17, 15) is 18.0 Å². The summed E-state index contributed by atoms with van der Waals surface area (Å²) in [6.07, 6.45) is -1.38. The number of hydrogen-bond donors (Lipinski definition) is 0. The Morgan fingerprint density at radius 1 is 1.19 bits per heavy atom. The molecule has 8 heteroatoms. The SMILES string of the molecule is O=C(N(Cc1ccc(Cl)cc1)c1cnccn1)C(F)(F)F. The molecule has 0 aliphatic heterocycles. The molecule has 1 aromatic heterocycles. The molecule has 2 rings (SSSR count). The van der Waals surface area contributed by atoms with Crippen LogP contribution in [-0.4, -0.2) is 22.1 Å². The standard InChI is InChI=1S/C13H9ClF3N3O/c14-10-3-1-9(2-4-10)8-20(12(21)13(15,16)17)11-7-18-5-6-19-11/h1-7H,8H2. The molecule has 0 atom stereocenters. The molecule has 1 heterocycles. The molecular formula is C13H9ClF3N3O. The molecule has 0 spiro atoms. The van der Waals surface area contributed by atoms with Gasteiger partial charge in [0.1, 0.15) is 0 Å². The molecule has 21 heavy (non-hydrogen) atoms. The summed E-state index contributed by atoms with van der Waals surface area (Å²) in [7, 11) is 0. The lowest BCUT2D eigenvalue weighted by molar-refractivity contribution is -0.170. The van der Waals surface area contributed by atoms with E-state index in [1.807, 2.05) is 0 Å². The number of anilines is 1. The van der Waals surface area contributed by atoms with Crippen molar-refractivity contribution in [1.82, 2.24) is 9.97 Å². The van der Waals surface area contributed by atoms with E-state index < -0.39 is 12.1 Å². The average Bonchev–Trinajstić information content (AvgIpc) is 2.46. The molecule has 0 radical (unpaired) electrons. The lowest BCUT2D eigenvalue weighted by Crippen LogP contribution is -2.41. The van der Waals surface area contributed by atoms with Crippen molar-refractivity contribution in [3.05, 3.63) is 53.4 Å². The lowest BCUT2D eigenvalue weighted by atomic mass is 10.2. The van der Waals surface area contributed by atoms with Gasteiger partial charge in [0.15, 0.2) is 5.82 Å². The van der Waals surface area contributed by atoms with Gasteiger partial charge in [-0.15, -0.1) is 0 Å². The first-order valence-corrected chi connectivity index (χ1v) is 6.15. The van der Waals surface area contributed by atoms with Crippen LogP contribution in [0.4, 0.5) is 19.0 Å². The minimum absolute atomic E-state index is 0.172. The zero-order valence-corrected chi connectivity index (χ0v) is 11.3. The van der Waals surface area contributed by atoms with Crippen LogP contribution in [0.1, 0.15) is 5.56 Å². The Hall–Kier alpha value is -2.15. The van der Waals surface area contributed by atoms with Crippen LogP contribution in [0, 0.1) is 0 Å². The molecule has 1 amide bonds. The third-order valence-electron chi connectivity index (χ3n) is 2.57. The summed E-state index contributed by atoms with van der Waals surface area (Å²) in [5, 5.41) is 0.451. The number of halogens is 4. The summed E-state index contributed by atoms with van der Waals surface area (Å²) in [6, 6.07) is 6.14. The Morgan fingerprint density at radius 2 is 1.86 bits per heavy atom. The van der Waals surface area contributed by atoms with Gasteiger partial charge in [-0.25, -0.2) is 4.98 Å². The van der Waals surface area contributed by atoms with E-state index in [0.717, 1.165) is 6.20 Å². The van der Waals surface area contributed by atoms with Crippen molar-refractivity contribution < 1.29 is 18.0 Å². The van der Waals surface area contributed by atoms with E-state index >= 15 is 0 Å². The quantitative estimate of drug-likeness (QED) is 0.873. The highest BCUT2D eigenvalue weighted by atomic mass is 35.5. The number of nitrogens with zero attached hydrogens (tertiary/aromatic N) is 3. The van der Waals surface area contributed by atoms with Gasteiger partial charge in [-0.05, 0) is 17.7 Å². The van der Waals surface area contributed by atoms with Crippen molar-refractivity contribution in [2.24, 2.45) is 0 Å². The van der Waals surface area contributed by atoms with E-state index in [1.54, 1.807) is 0 Å². The average molecular weight is 316 g/mol. The molecule has 110 valence electrons. The summed E-state index contributed by atoms with van der Waals surface area (Å²) in [6.45, 7) is -0.284. The van der Waals surface area contributed by atoms with Crippen LogP contribution in [-0.2, 0) is 11.3 Å². The molecule has 0 fully saturated rings. The number of carbonyl (C=O) groups excluding carboxylic acids is 1. The normalized spacial score (nSPS) is 11.2. The number of amides is 1. The first-order valence-electron chi connectivity index (χ1n) is 5.77. The Labute approximate surface area is 123 Å². The fourth-order valence-electron chi connectivity index (χ4n) is 1.61. The van der Waals surface area contributed by atoms with E-state index in [1.165, 1.54) is 36.7 Å². The third kappa shape index (κ3) is 3.91. The van der Waals surface area contributed by atoms with Crippen molar-refractivity contribution in [1.29, 1.82) is 0 Å². The minimum Gasteiger partial charge on any atom is -0.283 e. The molecule has 0 N–H and O–H groups in total. The van der Waals surface area contributed by atoms with Crippen molar-refractivity contribution in [3.63, 3.8) is 0 Å². The molecule has 0 aliphatic carbocycles. The van der Waals surface area contributed by atoms with Gasteiger partial charge < -0.3 is 0 Å². The first-order chi connectivity index (χ1) is 9.88. The molecule has 4 nitrogen and oxygen atoms in total. The Balaban J connectivity index is 2.32. The lowest BCUT2D eigenvalue weighted by Gasteiger charge is -2.22. The van der Waals surface area contributed by atoms with E-state index in [-0.39, 0.29) is 12.4 Å². The highest BCUT2D eigenvalue weighted by molar-refractivity contribution is 6.30. The molecule has 0 unspecified atom stereocenters. The van der Waals surface area contributed by atoms with Crippen molar-refractivity contribution >= 4 is 23.3 Å². The van der Waals surface area contributed by atoms with Crippen LogP contribution in [0.5, 0.6) is 0 Å². The maximum Gasteiger partial charge on any atom is 0.471 e. The summed E-state index contributed by atoms with van der Waals surface area (Å²) in [5.41, 5.74) is 0.489. The molecule has 0 aliphatic rings. The minimum atomic E-state index is -5.00. The smallest absolute Gasteiger partial charge is 0.283 e. The van der Waals surface area contributed by atoms with Gasteiger partial charge in [0.2, 0.25) is 0 Å². The topological polar surface area (TPSA) is 46.1 Å². The molecular weight excluding hydrogens is 307 g/mol. The highest BCUT2D eigenvalue weighted by Gasteiger charge is 2.43. The molecule has 1 aromatic carbocycles. The van der Waals surface area contributed by atoms with Gasteiger partial charge in [0.25, 0.3) is 0 Å². The van der Waals surface area contributed by atoms with Crippen LogP contribution in [0.15, 0.2) is 42.9 Å². The van der Waals surface area contributed by atoms with E-state index in [2.05, 4.69) is 9.97 Å². The molecule has 0 bridgehead atoms. The van der Waals surface area contributed by atoms with Crippen molar-refractivity contribution in [3.8, 4) is 0 Å². The van der Waals surface area contributed by atoms with Gasteiger partial charge in [0, 0.05) is 17.4 Å². The predicted octanol–water partition coefficient (Wildman–Crippen LogP) is 3.23. The van der Waals surface area contributed by atoms with E-state index in [0.29, 0.717) is 15.5 Å². The Morgan fingerprint density at radius 3 is 2.38 bits per heavy atom. The molecule has 0 saturated heterocycles. The Kier molecular flexibility index (Phi) is 4.42. The van der Waals surface area contributed by atoms with Gasteiger partial charge in [-0.2, -0.15) is 13.2 Å². The second-order valence-electron chi connectivity index (χ2n) is 4.08. The van der Waals surface area contributed by atoms with Gasteiger partial charge in [-0.1, -0.05) is 23.7 Å². The van der Waals surface area contributed by atoms with Gasteiger partial charge in [0.05, 0.1) is 12.7 Å². The van der Waals surface area contributed by atoms with Crippen LogP contribution < -0.4 is 4.90 Å². The fraction of sp³-hybridized carbons (Fsp3) is 0.154. The zero-order valence-electron chi connectivity index (χ0n) is 10.5. The summed E-state index contributed by atoms with van der Waals surface area (Å²) in [5.74, 6) is -2.17. The number of alkyl halides is 3. The Bertz CT molecular complexity index is 617. The first kappa shape index (κ1) is 15.2. The van der Waals surface area contributed by atoms with Crippen molar-refractivity contribution in [2.75, 3.05) is 4.90 Å². The van der Waals surface area contributed by atoms with Crippen LogP contribution in [0.2, 0.25) is 5.02 Å². The number of rotatable bonds is 3. The van der Waals surface area contributed by atoms with Gasteiger partial charge >= 0.3 is 12.1 Å². The largest absolute Gasteiger partial charge is 0.471 e. The monoisotopic (exact) mass is 315 g/mol. The van der Waals surface area contributed by atoms with E-state index in [4.69, 9.17) is 11.6 Å². The number of benzene rings is 1. The maximum absolute atomic E-state index is 12.7. The number of hydrogen-bond acceptors (Lipinski definition) is 3. The third-order valence-corrected chi connectivity index (χ3v) is 2.82. The van der Waals surface area contributed by atoms with Crippen molar-refractivity contribution in [2.45, 2.75) is 12.7 Å². The van der Waals surface area contributed by atoms with Crippen LogP contribution in [0.25, 0.3) is 0 Å². The fourth-order valence-corrected chi connectivity index (χ4v) is 1.74. The van der Waals surface area contributed by atoms with Crippen LogP contribution >= 0.6 is 11.6 Å². The summed E-state index contributed by atoms with van der Waals surface area (Å²) < 4.78 is 38.1. The summed E-state index contributed by atoms with van der Waals surface area (Å²) >= 11 is 5.72. The second kappa shape index (κ2) is 6.09. The highest BCUT2D eigenvalue weighted by Crippen LogP contribution is 2.24. The zero-order chi connectivity index (χ0) is 15.5. The van der Waals surface area contributed by atoms with Gasteiger partial charge in [-0.3, -0.25) is 14.7 Å². The number of aromatic nitrogens is 2. The molecule has 0 saturated carbocycles. The second-order valence-corrected chi connectivity index (χ2v) is 4.52. The summed E-state index contributed by atoms with van der Waals surface area (Å²) in [4.78, 5) is 19.5. The molecule has 2 aromatic rings. The maximum atomic E-state index is 12.7. The number of carbonyl (C=O) groups is 1. The van der Waals surface area contributed by atoms with Crippen LogP contribution in [0.3, 0.4) is 0 Å². The predicted molar refractivity (Wildman–Crippen MR) is 70.7 cm³/mol.